The van der Waals surface area contributed by atoms with Gasteiger partial charge in [0.2, 0.25) is 5.91 Å². The van der Waals surface area contributed by atoms with Gasteiger partial charge in [0.15, 0.2) is 0 Å². The lowest BCUT2D eigenvalue weighted by Crippen LogP contribution is -2.48. The van der Waals surface area contributed by atoms with Crippen molar-refractivity contribution in [3.05, 3.63) is 24.3 Å². The van der Waals surface area contributed by atoms with Crippen molar-refractivity contribution in [1.29, 1.82) is 0 Å². The van der Waals surface area contributed by atoms with E-state index in [-0.39, 0.29) is 6.61 Å². The van der Waals surface area contributed by atoms with E-state index in [9.17, 15) is 20.1 Å². The van der Waals surface area contributed by atoms with Crippen molar-refractivity contribution >= 4 is 5.91 Å². The van der Waals surface area contributed by atoms with Crippen LogP contribution < -0.4 is 5.32 Å². The first kappa shape index (κ1) is 57.8. The molecule has 5 heteroatoms. The van der Waals surface area contributed by atoms with Gasteiger partial charge in [0.25, 0.3) is 0 Å². The zero-order chi connectivity index (χ0) is 43.0. The monoisotopic (exact) mass is 832 g/mol. The summed E-state index contributed by atoms with van der Waals surface area (Å²) in [5.41, 5.74) is 0. The quantitative estimate of drug-likeness (QED) is 0.0363. The van der Waals surface area contributed by atoms with Gasteiger partial charge in [-0.15, -0.1) is 0 Å². The molecule has 0 aromatic rings. The second-order valence-electron chi connectivity index (χ2n) is 18.4. The molecular weight excluding hydrogens is 727 g/mol. The molecule has 0 aliphatic carbocycles. The summed E-state index contributed by atoms with van der Waals surface area (Å²) >= 11 is 0. The second kappa shape index (κ2) is 49.5. The molecule has 0 saturated carbocycles. The second-order valence-corrected chi connectivity index (χ2v) is 18.4. The molecule has 0 aliphatic heterocycles. The molecule has 3 atom stereocenters. The molecule has 0 aliphatic rings. The zero-order valence-electron chi connectivity index (χ0n) is 39.9. The molecule has 4 N–H and O–H groups in total. The molecule has 0 heterocycles. The molecule has 0 aromatic carbocycles. The third-order valence-electron chi connectivity index (χ3n) is 12.5. The first-order valence-electron chi connectivity index (χ1n) is 26.7. The molecule has 0 bridgehead atoms. The van der Waals surface area contributed by atoms with Gasteiger partial charge in [-0.3, -0.25) is 4.79 Å². The van der Waals surface area contributed by atoms with Gasteiger partial charge in [0, 0.05) is 0 Å². The SMILES string of the molecule is CCCCCCCCCCCCCCCCC/C=C/CC/C=C/C(O)C(CO)NC(=O)C(O)CCCCCCCCCCCCCCCCCCCCCCCCCC. The average molecular weight is 832 g/mol. The molecule has 0 fully saturated rings. The molecule has 3 unspecified atom stereocenters. The Kier molecular flexibility index (Phi) is 48.5. The van der Waals surface area contributed by atoms with E-state index < -0.39 is 24.2 Å². The van der Waals surface area contributed by atoms with Crippen LogP contribution in [0.5, 0.6) is 0 Å². The number of aliphatic hydroxyl groups excluding tert-OH is 3. The fraction of sp³-hybridized carbons (Fsp3) is 0.907. The normalized spacial score (nSPS) is 13.5. The van der Waals surface area contributed by atoms with Crippen LogP contribution >= 0.6 is 0 Å². The van der Waals surface area contributed by atoms with Gasteiger partial charge in [-0.05, 0) is 32.1 Å². The fourth-order valence-electron chi connectivity index (χ4n) is 8.38. The molecule has 350 valence electrons. The van der Waals surface area contributed by atoms with Crippen molar-refractivity contribution in [3.8, 4) is 0 Å². The Labute approximate surface area is 369 Å². The molecule has 59 heavy (non-hydrogen) atoms. The third kappa shape index (κ3) is 44.7. The van der Waals surface area contributed by atoms with E-state index >= 15 is 0 Å². The first-order chi connectivity index (χ1) is 29.1. The van der Waals surface area contributed by atoms with Crippen LogP contribution in [0.15, 0.2) is 24.3 Å². The van der Waals surface area contributed by atoms with Crippen LogP contribution in [0.4, 0.5) is 0 Å². The molecular formula is C54H105NO4. The summed E-state index contributed by atoms with van der Waals surface area (Å²) in [5.74, 6) is -0.507. The van der Waals surface area contributed by atoms with Gasteiger partial charge in [-0.25, -0.2) is 0 Å². The van der Waals surface area contributed by atoms with Crippen LogP contribution in [0, 0.1) is 0 Å². The summed E-state index contributed by atoms with van der Waals surface area (Å²) in [4.78, 5) is 12.5. The van der Waals surface area contributed by atoms with Gasteiger partial charge in [0.1, 0.15) is 6.10 Å². The van der Waals surface area contributed by atoms with Crippen molar-refractivity contribution in [1.82, 2.24) is 5.32 Å². The van der Waals surface area contributed by atoms with Gasteiger partial charge in [0.05, 0.1) is 18.8 Å². The Morgan fingerprint density at radius 3 is 1.03 bits per heavy atom. The van der Waals surface area contributed by atoms with Crippen molar-refractivity contribution in [2.24, 2.45) is 0 Å². The lowest BCUT2D eigenvalue weighted by Gasteiger charge is -2.21. The van der Waals surface area contributed by atoms with E-state index in [4.69, 9.17) is 0 Å². The Morgan fingerprint density at radius 1 is 0.407 bits per heavy atom. The maximum atomic E-state index is 12.5. The van der Waals surface area contributed by atoms with Crippen molar-refractivity contribution in [2.45, 2.75) is 308 Å². The maximum absolute atomic E-state index is 12.5. The van der Waals surface area contributed by atoms with Gasteiger partial charge in [-0.1, -0.05) is 282 Å². The Hall–Kier alpha value is -1.17. The predicted octanol–water partition coefficient (Wildman–Crippen LogP) is 16.1. The highest BCUT2D eigenvalue weighted by Gasteiger charge is 2.22. The van der Waals surface area contributed by atoms with Crippen LogP contribution in [0.1, 0.15) is 290 Å². The highest BCUT2D eigenvalue weighted by Crippen LogP contribution is 2.17. The number of hydrogen-bond donors (Lipinski definition) is 4. The summed E-state index contributed by atoms with van der Waals surface area (Å²) in [6.07, 6.45) is 62.5. The summed E-state index contributed by atoms with van der Waals surface area (Å²) in [5, 5.41) is 33.3. The Bertz CT molecular complexity index is 874. The number of carbonyl (C=O) groups is 1. The van der Waals surface area contributed by atoms with Crippen molar-refractivity contribution in [3.63, 3.8) is 0 Å². The van der Waals surface area contributed by atoms with Crippen LogP contribution in [-0.4, -0.2) is 46.1 Å². The van der Waals surface area contributed by atoms with E-state index in [1.54, 1.807) is 6.08 Å². The zero-order valence-corrected chi connectivity index (χ0v) is 39.9. The minimum Gasteiger partial charge on any atom is -0.394 e. The summed E-state index contributed by atoms with van der Waals surface area (Å²) in [6, 6.07) is -0.812. The molecule has 1 amide bonds. The first-order valence-corrected chi connectivity index (χ1v) is 26.7. The smallest absolute Gasteiger partial charge is 0.249 e. The molecule has 0 spiro atoms. The van der Waals surface area contributed by atoms with E-state index in [2.05, 4.69) is 31.3 Å². The van der Waals surface area contributed by atoms with Crippen molar-refractivity contribution in [2.75, 3.05) is 6.61 Å². The minimum atomic E-state index is -1.10. The molecule has 0 rings (SSSR count). The van der Waals surface area contributed by atoms with Crippen LogP contribution in [0.2, 0.25) is 0 Å². The fourth-order valence-corrected chi connectivity index (χ4v) is 8.38. The standard InChI is InChI=1S/C54H105NO4/c1-3-5-7-9-11-13-15-17-19-21-23-25-26-27-29-31-33-35-37-39-41-43-45-47-49-53(58)54(59)55-51(50-56)52(57)48-46-44-42-40-38-36-34-32-30-28-24-22-20-18-16-14-12-10-8-6-4-2/h38,40,46,48,51-53,56-58H,3-37,39,41-45,47,49-50H2,1-2H3,(H,55,59)/b40-38+,48-46+. The third-order valence-corrected chi connectivity index (χ3v) is 12.5. The van der Waals surface area contributed by atoms with E-state index in [1.165, 1.54) is 231 Å². The largest absolute Gasteiger partial charge is 0.394 e. The number of hydrogen-bond acceptors (Lipinski definition) is 4. The van der Waals surface area contributed by atoms with Crippen LogP contribution in [0.25, 0.3) is 0 Å². The van der Waals surface area contributed by atoms with Gasteiger partial charge in [-0.2, -0.15) is 0 Å². The highest BCUT2D eigenvalue weighted by molar-refractivity contribution is 5.80. The minimum absolute atomic E-state index is 0.372. The van der Waals surface area contributed by atoms with E-state index in [0.29, 0.717) is 6.42 Å². The number of amides is 1. The van der Waals surface area contributed by atoms with E-state index in [1.807, 2.05) is 6.08 Å². The number of nitrogens with one attached hydrogen (secondary N) is 1. The number of allylic oxidation sites excluding steroid dienone is 3. The topological polar surface area (TPSA) is 89.8 Å². The molecule has 0 aromatic heterocycles. The van der Waals surface area contributed by atoms with Gasteiger partial charge < -0.3 is 20.6 Å². The van der Waals surface area contributed by atoms with Crippen LogP contribution in [0.3, 0.4) is 0 Å². The van der Waals surface area contributed by atoms with E-state index in [0.717, 1.165) is 38.5 Å². The summed E-state index contributed by atoms with van der Waals surface area (Å²) < 4.78 is 0. The summed E-state index contributed by atoms with van der Waals surface area (Å²) in [7, 11) is 0. The van der Waals surface area contributed by atoms with Gasteiger partial charge >= 0.3 is 0 Å². The lowest BCUT2D eigenvalue weighted by molar-refractivity contribution is -0.131. The maximum Gasteiger partial charge on any atom is 0.249 e. The highest BCUT2D eigenvalue weighted by atomic mass is 16.3. The summed E-state index contributed by atoms with van der Waals surface area (Å²) in [6.45, 7) is 4.20. The Morgan fingerprint density at radius 2 is 0.695 bits per heavy atom. The van der Waals surface area contributed by atoms with Crippen molar-refractivity contribution < 1.29 is 20.1 Å². The average Bonchev–Trinajstić information content (AvgIpc) is 3.24. The number of carbonyl (C=O) groups excluding carboxylic acids is 1. The lowest BCUT2D eigenvalue weighted by atomic mass is 10.0. The number of rotatable bonds is 49. The molecule has 5 nitrogen and oxygen atoms in total. The predicted molar refractivity (Wildman–Crippen MR) is 259 cm³/mol. The van der Waals surface area contributed by atoms with Crippen LogP contribution in [-0.2, 0) is 4.79 Å². The number of unbranched alkanes of at least 4 members (excludes halogenated alkanes) is 39. The molecule has 0 saturated heterocycles. The molecule has 0 radical (unpaired) electrons. The number of aliphatic hydroxyl groups is 3. The Balaban J connectivity index is 3.60.